The molecule has 0 aliphatic heterocycles. The van der Waals surface area contributed by atoms with Crippen LogP contribution in [0.4, 0.5) is 8.78 Å². The van der Waals surface area contributed by atoms with Crippen LogP contribution >= 0.6 is 24.8 Å². The topological polar surface area (TPSA) is 43.1 Å². The number of halogens is 4. The van der Waals surface area contributed by atoms with Crippen LogP contribution in [-0.4, -0.2) is 5.91 Å². The van der Waals surface area contributed by atoms with E-state index >= 15 is 0 Å². The molecule has 1 rings (SSSR count). The Labute approximate surface area is 85.9 Å². The fourth-order valence-electron chi connectivity index (χ4n) is 0.694. The average Bonchev–Trinajstić information content (AvgIpc) is 1.94. The summed E-state index contributed by atoms with van der Waals surface area (Å²) in [5.74, 6) is -3.23. The molecule has 0 fully saturated rings. The van der Waals surface area contributed by atoms with Crippen molar-refractivity contribution in [3.63, 3.8) is 0 Å². The molecule has 13 heavy (non-hydrogen) atoms. The van der Waals surface area contributed by atoms with Gasteiger partial charge in [-0.25, -0.2) is 8.78 Å². The Morgan fingerprint density at radius 1 is 1.23 bits per heavy atom. The summed E-state index contributed by atoms with van der Waals surface area (Å²) in [6.07, 6.45) is 0. The predicted octanol–water partition coefficient (Wildman–Crippen LogP) is 1.91. The number of hydrogen-bond donors (Lipinski definition) is 1. The zero-order chi connectivity index (χ0) is 8.43. The van der Waals surface area contributed by atoms with Crippen molar-refractivity contribution in [2.45, 2.75) is 0 Å². The first-order valence-corrected chi connectivity index (χ1v) is 2.86. The molecule has 0 spiro atoms. The normalized spacial score (nSPS) is 8.15. The van der Waals surface area contributed by atoms with Crippen molar-refractivity contribution in [3.05, 3.63) is 35.4 Å². The van der Waals surface area contributed by atoms with Crippen molar-refractivity contribution in [2.24, 2.45) is 5.73 Å². The Balaban J connectivity index is 0. The summed E-state index contributed by atoms with van der Waals surface area (Å²) in [6, 6.07) is 3.26. The van der Waals surface area contributed by atoms with Crippen LogP contribution in [0.15, 0.2) is 18.2 Å². The standard InChI is InChI=1S/C7H5F2NO.2ClH/c8-5-3-1-2-4(6(5)9)7(10)11;;/h1-3H,(H2,10,11);2*1H. The minimum Gasteiger partial charge on any atom is -0.366 e. The van der Waals surface area contributed by atoms with Crippen molar-refractivity contribution in [2.75, 3.05) is 0 Å². The van der Waals surface area contributed by atoms with Gasteiger partial charge in [-0.05, 0) is 12.1 Å². The summed E-state index contributed by atoms with van der Waals surface area (Å²) in [5, 5.41) is 0. The maximum atomic E-state index is 12.6. The monoisotopic (exact) mass is 229 g/mol. The number of rotatable bonds is 1. The third-order valence-corrected chi connectivity index (χ3v) is 1.22. The fourth-order valence-corrected chi connectivity index (χ4v) is 0.694. The molecule has 1 amide bonds. The van der Waals surface area contributed by atoms with Gasteiger partial charge >= 0.3 is 0 Å². The van der Waals surface area contributed by atoms with Gasteiger partial charge in [0.25, 0.3) is 5.91 Å². The van der Waals surface area contributed by atoms with Gasteiger partial charge in [-0.2, -0.15) is 0 Å². The van der Waals surface area contributed by atoms with Gasteiger partial charge in [0.1, 0.15) is 0 Å². The first-order valence-electron chi connectivity index (χ1n) is 2.86. The highest BCUT2D eigenvalue weighted by Crippen LogP contribution is 2.09. The number of primary amides is 1. The molecule has 0 atom stereocenters. The molecule has 0 unspecified atom stereocenters. The van der Waals surface area contributed by atoms with Crippen LogP contribution in [0.1, 0.15) is 10.4 Å². The minimum absolute atomic E-state index is 0. The third-order valence-electron chi connectivity index (χ3n) is 1.22. The highest BCUT2D eigenvalue weighted by atomic mass is 35.5. The summed E-state index contributed by atoms with van der Waals surface area (Å²) >= 11 is 0. The lowest BCUT2D eigenvalue weighted by atomic mass is 10.2. The van der Waals surface area contributed by atoms with Crippen molar-refractivity contribution in [1.29, 1.82) is 0 Å². The molecule has 0 aliphatic rings. The van der Waals surface area contributed by atoms with Gasteiger partial charge in [-0.1, -0.05) is 6.07 Å². The van der Waals surface area contributed by atoms with Gasteiger partial charge in [0.2, 0.25) is 0 Å². The lowest BCUT2D eigenvalue weighted by Crippen LogP contribution is -2.13. The van der Waals surface area contributed by atoms with Crippen LogP contribution in [0.2, 0.25) is 0 Å². The van der Waals surface area contributed by atoms with Crippen LogP contribution in [-0.2, 0) is 0 Å². The van der Waals surface area contributed by atoms with Crippen LogP contribution in [0.5, 0.6) is 0 Å². The van der Waals surface area contributed by atoms with E-state index in [-0.39, 0.29) is 24.8 Å². The molecule has 0 bridgehead atoms. The lowest BCUT2D eigenvalue weighted by molar-refractivity contribution is 0.0995. The molecule has 0 aromatic heterocycles. The molecule has 0 saturated carbocycles. The highest BCUT2D eigenvalue weighted by Gasteiger charge is 2.10. The lowest BCUT2D eigenvalue weighted by Gasteiger charge is -1.96. The second-order valence-corrected chi connectivity index (χ2v) is 1.97. The molecule has 2 nitrogen and oxygen atoms in total. The van der Waals surface area contributed by atoms with E-state index in [2.05, 4.69) is 0 Å². The Bertz CT molecular complexity index is 307. The first kappa shape index (κ1) is 14.6. The second-order valence-electron chi connectivity index (χ2n) is 1.97. The van der Waals surface area contributed by atoms with E-state index in [0.29, 0.717) is 0 Å². The third kappa shape index (κ3) is 3.16. The maximum absolute atomic E-state index is 12.6. The van der Waals surface area contributed by atoms with E-state index in [1.165, 1.54) is 6.07 Å². The van der Waals surface area contributed by atoms with E-state index in [1.807, 2.05) is 0 Å². The molecule has 0 heterocycles. The SMILES string of the molecule is Cl.Cl.NC(=O)c1cccc(F)c1F. The summed E-state index contributed by atoms with van der Waals surface area (Å²) in [7, 11) is 0. The maximum Gasteiger partial charge on any atom is 0.251 e. The quantitative estimate of drug-likeness (QED) is 0.786. The molecule has 6 heteroatoms. The Morgan fingerprint density at radius 2 is 1.77 bits per heavy atom. The van der Waals surface area contributed by atoms with Crippen molar-refractivity contribution >= 4 is 30.7 Å². The summed E-state index contributed by atoms with van der Waals surface area (Å²) in [5.41, 5.74) is 4.31. The number of carbonyl (C=O) groups excluding carboxylic acids is 1. The van der Waals surface area contributed by atoms with Gasteiger partial charge in [0.05, 0.1) is 5.56 Å². The largest absolute Gasteiger partial charge is 0.366 e. The Kier molecular flexibility index (Phi) is 6.44. The number of carbonyl (C=O) groups is 1. The highest BCUT2D eigenvalue weighted by molar-refractivity contribution is 5.92. The summed E-state index contributed by atoms with van der Waals surface area (Å²) in [4.78, 5) is 10.4. The van der Waals surface area contributed by atoms with Crippen LogP contribution < -0.4 is 5.73 Å². The van der Waals surface area contributed by atoms with E-state index in [9.17, 15) is 13.6 Å². The first-order chi connectivity index (χ1) is 5.13. The molecular weight excluding hydrogens is 223 g/mol. The number of benzene rings is 1. The van der Waals surface area contributed by atoms with Gasteiger partial charge in [0.15, 0.2) is 11.6 Å². The van der Waals surface area contributed by atoms with Crippen LogP contribution in [0.25, 0.3) is 0 Å². The molecule has 0 radical (unpaired) electrons. The van der Waals surface area contributed by atoms with Gasteiger partial charge < -0.3 is 5.73 Å². The van der Waals surface area contributed by atoms with E-state index in [1.54, 1.807) is 0 Å². The molecule has 74 valence electrons. The van der Waals surface area contributed by atoms with Crippen molar-refractivity contribution in [1.82, 2.24) is 0 Å². The predicted molar refractivity (Wildman–Crippen MR) is 49.4 cm³/mol. The van der Waals surface area contributed by atoms with Gasteiger partial charge in [0, 0.05) is 0 Å². The average molecular weight is 230 g/mol. The number of nitrogens with two attached hydrogens (primary N) is 1. The minimum atomic E-state index is -1.19. The summed E-state index contributed by atoms with van der Waals surface area (Å²) in [6.45, 7) is 0. The van der Waals surface area contributed by atoms with E-state index < -0.39 is 23.1 Å². The zero-order valence-corrected chi connectivity index (χ0v) is 7.92. The molecular formula is C7H7Cl2F2NO. The molecule has 1 aromatic carbocycles. The van der Waals surface area contributed by atoms with Gasteiger partial charge in [-0.15, -0.1) is 24.8 Å². The van der Waals surface area contributed by atoms with Gasteiger partial charge in [-0.3, -0.25) is 4.79 Å². The van der Waals surface area contributed by atoms with Crippen molar-refractivity contribution < 1.29 is 13.6 Å². The fraction of sp³-hybridized carbons (Fsp3) is 0. The number of amides is 1. The van der Waals surface area contributed by atoms with Crippen LogP contribution in [0, 0.1) is 11.6 Å². The molecule has 2 N–H and O–H groups in total. The second kappa shape index (κ2) is 5.72. The van der Waals surface area contributed by atoms with E-state index in [0.717, 1.165) is 12.1 Å². The summed E-state index contributed by atoms with van der Waals surface area (Å²) < 4.78 is 24.9. The molecule has 0 saturated heterocycles. The van der Waals surface area contributed by atoms with Crippen LogP contribution in [0.3, 0.4) is 0 Å². The number of hydrogen-bond acceptors (Lipinski definition) is 1. The molecule has 0 aliphatic carbocycles. The van der Waals surface area contributed by atoms with Crippen molar-refractivity contribution in [3.8, 4) is 0 Å². The Hall–Kier alpha value is -0.870. The van der Waals surface area contributed by atoms with E-state index in [4.69, 9.17) is 5.73 Å². The Morgan fingerprint density at radius 3 is 2.15 bits per heavy atom. The molecule has 1 aromatic rings. The smallest absolute Gasteiger partial charge is 0.251 e. The zero-order valence-electron chi connectivity index (χ0n) is 6.29.